The van der Waals surface area contributed by atoms with Crippen LogP contribution in [0.1, 0.15) is 23.0 Å². The summed E-state index contributed by atoms with van der Waals surface area (Å²) in [4.78, 5) is 33.7. The highest BCUT2D eigenvalue weighted by Gasteiger charge is 2.13. The Hall–Kier alpha value is -2.97. The van der Waals surface area contributed by atoms with Crippen LogP contribution in [0, 0.1) is 6.92 Å². The molecule has 1 amide bonds. The molecule has 2 aromatic carbocycles. The fraction of sp³-hybridized carbons (Fsp3) is 0.182. The Morgan fingerprint density at radius 2 is 1.93 bits per heavy atom. The average molecular weight is 438 g/mol. The molecule has 4 aromatic rings. The van der Waals surface area contributed by atoms with Gasteiger partial charge < -0.3 is 10.1 Å². The van der Waals surface area contributed by atoms with E-state index in [0.29, 0.717) is 28.8 Å². The van der Waals surface area contributed by atoms with Gasteiger partial charge in [-0.25, -0.2) is 9.78 Å². The predicted molar refractivity (Wildman–Crippen MR) is 121 cm³/mol. The number of amides is 1. The van der Waals surface area contributed by atoms with Gasteiger partial charge in [0.25, 0.3) is 0 Å². The number of hydrogen-bond donors (Lipinski definition) is 1. The Balaban J connectivity index is 1.53. The molecule has 0 unspecified atom stereocenters. The lowest BCUT2D eigenvalue weighted by Crippen LogP contribution is -2.15. The lowest BCUT2D eigenvalue weighted by molar-refractivity contribution is -0.113. The Labute approximate surface area is 181 Å². The molecule has 2 aromatic heterocycles. The number of aryl methyl sites for hydroxylation is 1. The number of pyridine rings is 1. The van der Waals surface area contributed by atoms with Gasteiger partial charge in [-0.3, -0.25) is 9.78 Å². The van der Waals surface area contributed by atoms with Crippen molar-refractivity contribution in [3.63, 3.8) is 0 Å². The van der Waals surface area contributed by atoms with E-state index in [1.807, 2.05) is 31.2 Å². The van der Waals surface area contributed by atoms with E-state index in [4.69, 9.17) is 4.74 Å². The molecule has 0 aliphatic carbocycles. The van der Waals surface area contributed by atoms with Crippen molar-refractivity contribution in [2.75, 3.05) is 17.7 Å². The number of thioether (sulfide) groups is 1. The Morgan fingerprint density at radius 1 is 1.10 bits per heavy atom. The number of carbonyl (C=O) groups excluding carboxylic acids is 2. The molecule has 0 radical (unpaired) electrons. The van der Waals surface area contributed by atoms with E-state index >= 15 is 0 Å². The standard InChI is InChI=1S/C22H19N3O3S2/c1-3-28-21(27)14-8-9-16-15(11-14)18(10-13(2)23-16)24-20(26)12-29-22-25-17-6-4-5-7-19(17)30-22/h4-11H,3,12H2,1-2H3,(H,23,24,26). The van der Waals surface area contributed by atoms with Gasteiger partial charge in [-0.2, -0.15) is 0 Å². The molecule has 6 nitrogen and oxygen atoms in total. The van der Waals surface area contributed by atoms with Crippen molar-refractivity contribution in [3.8, 4) is 0 Å². The number of nitrogens with zero attached hydrogens (tertiary/aromatic N) is 2. The van der Waals surface area contributed by atoms with Gasteiger partial charge in [0, 0.05) is 11.1 Å². The summed E-state index contributed by atoms with van der Waals surface area (Å²) in [6.45, 7) is 3.93. The quantitative estimate of drug-likeness (QED) is 0.335. The normalized spacial score (nSPS) is 11.0. The second-order valence-electron chi connectivity index (χ2n) is 6.55. The van der Waals surface area contributed by atoms with Crippen molar-refractivity contribution in [1.29, 1.82) is 0 Å². The number of carbonyl (C=O) groups is 2. The summed E-state index contributed by atoms with van der Waals surface area (Å²) >= 11 is 2.97. The van der Waals surface area contributed by atoms with Gasteiger partial charge >= 0.3 is 5.97 Å². The van der Waals surface area contributed by atoms with Crippen LogP contribution in [0.15, 0.2) is 52.9 Å². The van der Waals surface area contributed by atoms with Crippen LogP contribution in [0.4, 0.5) is 5.69 Å². The van der Waals surface area contributed by atoms with Crippen molar-refractivity contribution in [3.05, 3.63) is 59.8 Å². The number of ether oxygens (including phenoxy) is 1. The van der Waals surface area contributed by atoms with Crippen molar-refractivity contribution in [1.82, 2.24) is 9.97 Å². The van der Waals surface area contributed by atoms with Gasteiger partial charge in [-0.05, 0) is 50.2 Å². The number of anilines is 1. The first-order valence-corrected chi connectivity index (χ1v) is 11.2. The first-order valence-electron chi connectivity index (χ1n) is 9.40. The van der Waals surface area contributed by atoms with Crippen LogP contribution in [-0.2, 0) is 9.53 Å². The molecule has 0 aliphatic heterocycles. The minimum atomic E-state index is -0.399. The van der Waals surface area contributed by atoms with Crippen LogP contribution in [-0.4, -0.2) is 34.2 Å². The lowest BCUT2D eigenvalue weighted by atomic mass is 10.1. The van der Waals surface area contributed by atoms with E-state index < -0.39 is 5.97 Å². The molecular weight excluding hydrogens is 418 g/mol. The second-order valence-corrected chi connectivity index (χ2v) is 8.80. The van der Waals surface area contributed by atoms with Crippen LogP contribution in [0.25, 0.3) is 21.1 Å². The first-order chi connectivity index (χ1) is 14.5. The second kappa shape index (κ2) is 8.81. The molecule has 152 valence electrons. The lowest BCUT2D eigenvalue weighted by Gasteiger charge is -2.11. The zero-order valence-electron chi connectivity index (χ0n) is 16.5. The summed E-state index contributed by atoms with van der Waals surface area (Å²) in [6.07, 6.45) is 0. The minimum absolute atomic E-state index is 0.146. The minimum Gasteiger partial charge on any atom is -0.462 e. The summed E-state index contributed by atoms with van der Waals surface area (Å²) < 4.78 is 7.03. The van der Waals surface area contributed by atoms with Crippen LogP contribution in [0.3, 0.4) is 0 Å². The van der Waals surface area contributed by atoms with E-state index in [-0.39, 0.29) is 11.7 Å². The average Bonchev–Trinajstić information content (AvgIpc) is 3.15. The highest BCUT2D eigenvalue weighted by Crippen LogP contribution is 2.30. The molecule has 1 N–H and O–H groups in total. The SMILES string of the molecule is CCOC(=O)c1ccc2nc(C)cc(NC(=O)CSc3nc4ccccc4s3)c2c1. The predicted octanol–water partition coefficient (Wildman–Crippen LogP) is 5.06. The summed E-state index contributed by atoms with van der Waals surface area (Å²) in [7, 11) is 0. The van der Waals surface area contributed by atoms with Crippen LogP contribution < -0.4 is 5.32 Å². The Morgan fingerprint density at radius 3 is 2.73 bits per heavy atom. The molecule has 4 rings (SSSR count). The number of fused-ring (bicyclic) bond motifs is 2. The molecule has 8 heteroatoms. The number of aromatic nitrogens is 2. The maximum atomic E-state index is 12.6. The van der Waals surface area contributed by atoms with Gasteiger partial charge in [0.1, 0.15) is 0 Å². The van der Waals surface area contributed by atoms with E-state index in [1.54, 1.807) is 42.5 Å². The van der Waals surface area contributed by atoms with E-state index in [0.717, 1.165) is 20.3 Å². The summed E-state index contributed by atoms with van der Waals surface area (Å²) in [5.41, 5.74) is 3.47. The molecule has 0 fully saturated rings. The van der Waals surface area contributed by atoms with Crippen molar-refractivity contribution >= 4 is 61.8 Å². The highest BCUT2D eigenvalue weighted by molar-refractivity contribution is 8.01. The molecule has 0 saturated heterocycles. The number of benzene rings is 2. The molecule has 0 atom stereocenters. The molecular formula is C22H19N3O3S2. The van der Waals surface area contributed by atoms with Gasteiger partial charge in [0.15, 0.2) is 4.34 Å². The van der Waals surface area contributed by atoms with Crippen molar-refractivity contribution in [2.45, 2.75) is 18.2 Å². The molecule has 30 heavy (non-hydrogen) atoms. The maximum Gasteiger partial charge on any atom is 0.338 e. The number of nitrogens with one attached hydrogen (secondary N) is 1. The van der Waals surface area contributed by atoms with Crippen molar-refractivity contribution in [2.24, 2.45) is 0 Å². The van der Waals surface area contributed by atoms with Crippen LogP contribution in [0.2, 0.25) is 0 Å². The topological polar surface area (TPSA) is 81.2 Å². The third-order valence-corrected chi connectivity index (χ3v) is 6.50. The monoisotopic (exact) mass is 437 g/mol. The third kappa shape index (κ3) is 4.44. The van der Waals surface area contributed by atoms with E-state index in [2.05, 4.69) is 15.3 Å². The molecule has 0 spiro atoms. The molecule has 2 heterocycles. The Kier molecular flexibility index (Phi) is 5.96. The number of hydrogen-bond acceptors (Lipinski definition) is 7. The molecule has 0 bridgehead atoms. The summed E-state index contributed by atoms with van der Waals surface area (Å²) in [5.74, 6) is -0.309. The Bertz CT molecular complexity index is 1220. The van der Waals surface area contributed by atoms with E-state index in [9.17, 15) is 9.59 Å². The van der Waals surface area contributed by atoms with Gasteiger partial charge in [-0.15, -0.1) is 11.3 Å². The van der Waals surface area contributed by atoms with Gasteiger partial charge in [0.2, 0.25) is 5.91 Å². The summed E-state index contributed by atoms with van der Waals surface area (Å²) in [5, 5.41) is 3.65. The fourth-order valence-electron chi connectivity index (χ4n) is 3.03. The van der Waals surface area contributed by atoms with Crippen LogP contribution >= 0.6 is 23.1 Å². The number of esters is 1. The fourth-order valence-corrected chi connectivity index (χ4v) is 4.90. The molecule has 0 saturated carbocycles. The number of para-hydroxylation sites is 1. The van der Waals surface area contributed by atoms with E-state index in [1.165, 1.54) is 11.8 Å². The highest BCUT2D eigenvalue weighted by atomic mass is 32.2. The zero-order valence-corrected chi connectivity index (χ0v) is 18.1. The van der Waals surface area contributed by atoms with Gasteiger partial charge in [0.05, 0.1) is 39.3 Å². The maximum absolute atomic E-state index is 12.6. The summed E-state index contributed by atoms with van der Waals surface area (Å²) in [6, 6.07) is 14.9. The smallest absolute Gasteiger partial charge is 0.338 e. The number of thiazole rings is 1. The third-order valence-electron chi connectivity index (χ3n) is 4.32. The van der Waals surface area contributed by atoms with Gasteiger partial charge in [-0.1, -0.05) is 23.9 Å². The van der Waals surface area contributed by atoms with Crippen molar-refractivity contribution < 1.29 is 14.3 Å². The molecule has 0 aliphatic rings. The largest absolute Gasteiger partial charge is 0.462 e. The zero-order chi connectivity index (χ0) is 21.1. The number of rotatable bonds is 6. The van der Waals surface area contributed by atoms with Crippen LogP contribution in [0.5, 0.6) is 0 Å². The first kappa shape index (κ1) is 20.3.